The summed E-state index contributed by atoms with van der Waals surface area (Å²) in [4.78, 5) is 12.6. The lowest BCUT2D eigenvalue weighted by atomic mass is 9.97. The van der Waals surface area contributed by atoms with Gasteiger partial charge in [0.2, 0.25) is 0 Å². The molecule has 0 unspecified atom stereocenters. The molecular formula is C16H13IO2. The van der Waals surface area contributed by atoms with Gasteiger partial charge in [0.05, 0.1) is 12.2 Å². The number of carbonyl (C=O) groups excluding carboxylic acids is 1. The van der Waals surface area contributed by atoms with Gasteiger partial charge in [-0.3, -0.25) is 4.79 Å². The first-order valence-corrected chi connectivity index (χ1v) is 7.38. The van der Waals surface area contributed by atoms with Crippen LogP contribution in [0.2, 0.25) is 0 Å². The van der Waals surface area contributed by atoms with Crippen molar-refractivity contribution in [3.63, 3.8) is 0 Å². The molecule has 0 radical (unpaired) electrons. The van der Waals surface area contributed by atoms with Crippen molar-refractivity contribution in [1.29, 1.82) is 0 Å². The summed E-state index contributed by atoms with van der Waals surface area (Å²) in [7, 11) is 0. The summed E-state index contributed by atoms with van der Waals surface area (Å²) in [6.45, 7) is 0.698. The minimum Gasteiger partial charge on any atom is -0.493 e. The Morgan fingerprint density at radius 1 is 1.16 bits per heavy atom. The molecule has 2 aromatic carbocycles. The first kappa shape index (κ1) is 12.7. The molecular weight excluding hydrogens is 351 g/mol. The van der Waals surface area contributed by atoms with E-state index in [-0.39, 0.29) is 5.78 Å². The second-order valence-electron chi connectivity index (χ2n) is 4.59. The Kier molecular flexibility index (Phi) is 3.55. The lowest BCUT2D eigenvalue weighted by molar-refractivity contribution is 0.103. The maximum Gasteiger partial charge on any atom is 0.196 e. The Hall–Kier alpha value is -1.36. The van der Waals surface area contributed by atoms with Gasteiger partial charge in [0.1, 0.15) is 5.75 Å². The Balaban J connectivity index is 2.05. The van der Waals surface area contributed by atoms with Gasteiger partial charge in [-0.25, -0.2) is 0 Å². The van der Waals surface area contributed by atoms with Crippen LogP contribution in [0.5, 0.6) is 5.75 Å². The molecule has 0 amide bonds. The van der Waals surface area contributed by atoms with Crippen molar-refractivity contribution < 1.29 is 9.53 Å². The maximum absolute atomic E-state index is 12.6. The van der Waals surface area contributed by atoms with E-state index in [2.05, 4.69) is 22.6 Å². The average Bonchev–Trinajstić information content (AvgIpc) is 2.46. The van der Waals surface area contributed by atoms with Crippen LogP contribution in [0.25, 0.3) is 0 Å². The molecule has 0 aliphatic carbocycles. The fraction of sp³-hybridized carbons (Fsp3) is 0.188. The Labute approximate surface area is 125 Å². The summed E-state index contributed by atoms with van der Waals surface area (Å²) < 4.78 is 6.77. The van der Waals surface area contributed by atoms with E-state index in [1.165, 1.54) is 0 Å². The first-order valence-electron chi connectivity index (χ1n) is 6.30. The van der Waals surface area contributed by atoms with E-state index in [0.717, 1.165) is 33.3 Å². The third kappa shape index (κ3) is 2.52. The van der Waals surface area contributed by atoms with Gasteiger partial charge in [-0.15, -0.1) is 0 Å². The van der Waals surface area contributed by atoms with E-state index in [1.54, 1.807) is 0 Å². The zero-order chi connectivity index (χ0) is 13.2. The second kappa shape index (κ2) is 5.33. The molecule has 19 heavy (non-hydrogen) atoms. The molecule has 0 bridgehead atoms. The third-order valence-corrected chi connectivity index (χ3v) is 3.94. The molecule has 0 aromatic heterocycles. The maximum atomic E-state index is 12.6. The zero-order valence-electron chi connectivity index (χ0n) is 10.4. The third-order valence-electron chi connectivity index (χ3n) is 3.26. The molecule has 1 aliphatic rings. The molecule has 0 atom stereocenters. The molecule has 2 aromatic rings. The lowest BCUT2D eigenvalue weighted by Crippen LogP contribution is -2.13. The van der Waals surface area contributed by atoms with Gasteiger partial charge in [0.15, 0.2) is 5.78 Å². The Bertz CT molecular complexity index is 634. The van der Waals surface area contributed by atoms with Gasteiger partial charge >= 0.3 is 0 Å². The number of halogens is 1. The van der Waals surface area contributed by atoms with Gasteiger partial charge < -0.3 is 4.74 Å². The van der Waals surface area contributed by atoms with Gasteiger partial charge in [0, 0.05) is 9.13 Å². The standard InChI is InChI=1S/C16H13IO2/c17-13-7-1-5-12(10-13)15(18)14-8-2-4-11-6-3-9-19-16(11)14/h1-2,4-5,7-8,10H,3,6,9H2. The highest BCUT2D eigenvalue weighted by atomic mass is 127. The minimum absolute atomic E-state index is 0.0391. The summed E-state index contributed by atoms with van der Waals surface area (Å²) >= 11 is 2.22. The number of fused-ring (bicyclic) bond motifs is 1. The van der Waals surface area contributed by atoms with Crippen molar-refractivity contribution >= 4 is 28.4 Å². The predicted molar refractivity (Wildman–Crippen MR) is 82.8 cm³/mol. The van der Waals surface area contributed by atoms with Crippen LogP contribution in [-0.4, -0.2) is 12.4 Å². The normalized spacial score (nSPS) is 13.5. The van der Waals surface area contributed by atoms with E-state index in [9.17, 15) is 4.79 Å². The van der Waals surface area contributed by atoms with Gasteiger partial charge in [-0.2, -0.15) is 0 Å². The molecule has 3 heteroatoms. The van der Waals surface area contributed by atoms with Crippen molar-refractivity contribution in [2.24, 2.45) is 0 Å². The van der Waals surface area contributed by atoms with Crippen LogP contribution in [0.15, 0.2) is 42.5 Å². The van der Waals surface area contributed by atoms with Crippen molar-refractivity contribution in [3.05, 3.63) is 62.7 Å². The minimum atomic E-state index is 0.0391. The van der Waals surface area contributed by atoms with E-state index in [0.29, 0.717) is 12.2 Å². The number of aryl methyl sites for hydroxylation is 1. The van der Waals surface area contributed by atoms with E-state index in [1.807, 2.05) is 42.5 Å². The average molecular weight is 364 g/mol. The molecule has 1 aliphatic heterocycles. The number of ketones is 1. The number of para-hydroxylation sites is 1. The monoisotopic (exact) mass is 364 g/mol. The lowest BCUT2D eigenvalue weighted by Gasteiger charge is -2.19. The van der Waals surface area contributed by atoms with Crippen LogP contribution < -0.4 is 4.74 Å². The summed E-state index contributed by atoms with van der Waals surface area (Å²) in [5, 5.41) is 0. The fourth-order valence-corrected chi connectivity index (χ4v) is 2.90. The predicted octanol–water partition coefficient (Wildman–Crippen LogP) is 3.85. The summed E-state index contributed by atoms with van der Waals surface area (Å²) in [6, 6.07) is 13.5. The van der Waals surface area contributed by atoms with Crippen LogP contribution in [0.4, 0.5) is 0 Å². The molecule has 2 nitrogen and oxygen atoms in total. The molecule has 0 saturated heterocycles. The van der Waals surface area contributed by atoms with Crippen LogP contribution >= 0.6 is 22.6 Å². The SMILES string of the molecule is O=C(c1cccc(I)c1)c1cccc2c1OCCC2. The second-order valence-corrected chi connectivity index (χ2v) is 5.83. The molecule has 96 valence electrons. The summed E-state index contributed by atoms with van der Waals surface area (Å²) in [5.74, 6) is 0.815. The van der Waals surface area contributed by atoms with Crippen molar-refractivity contribution in [1.82, 2.24) is 0 Å². The Morgan fingerprint density at radius 3 is 2.84 bits per heavy atom. The molecule has 0 N–H and O–H groups in total. The van der Waals surface area contributed by atoms with Crippen LogP contribution in [0, 0.1) is 3.57 Å². The largest absolute Gasteiger partial charge is 0.493 e. The van der Waals surface area contributed by atoms with Crippen molar-refractivity contribution in [3.8, 4) is 5.75 Å². The Morgan fingerprint density at radius 2 is 2.00 bits per heavy atom. The molecule has 0 saturated carbocycles. The number of benzene rings is 2. The van der Waals surface area contributed by atoms with Gasteiger partial charge in [0.25, 0.3) is 0 Å². The highest BCUT2D eigenvalue weighted by molar-refractivity contribution is 14.1. The van der Waals surface area contributed by atoms with Crippen molar-refractivity contribution in [2.75, 3.05) is 6.61 Å². The molecule has 0 fully saturated rings. The number of hydrogen-bond donors (Lipinski definition) is 0. The number of carbonyl (C=O) groups is 1. The van der Waals surface area contributed by atoms with Crippen molar-refractivity contribution in [2.45, 2.75) is 12.8 Å². The highest BCUT2D eigenvalue weighted by Crippen LogP contribution is 2.30. The van der Waals surface area contributed by atoms with E-state index >= 15 is 0 Å². The van der Waals surface area contributed by atoms with Crippen LogP contribution in [-0.2, 0) is 6.42 Å². The molecule has 0 spiro atoms. The first-order chi connectivity index (χ1) is 9.25. The molecule has 3 rings (SSSR count). The number of rotatable bonds is 2. The topological polar surface area (TPSA) is 26.3 Å². The van der Waals surface area contributed by atoms with Crippen LogP contribution in [0.3, 0.4) is 0 Å². The smallest absolute Gasteiger partial charge is 0.196 e. The molecule has 1 heterocycles. The number of hydrogen-bond acceptors (Lipinski definition) is 2. The summed E-state index contributed by atoms with van der Waals surface area (Å²) in [6.07, 6.45) is 2.01. The number of ether oxygens (including phenoxy) is 1. The fourth-order valence-electron chi connectivity index (χ4n) is 2.35. The highest BCUT2D eigenvalue weighted by Gasteiger charge is 2.20. The van der Waals surface area contributed by atoms with Gasteiger partial charge in [-0.05, 0) is 59.2 Å². The zero-order valence-corrected chi connectivity index (χ0v) is 12.5. The summed E-state index contributed by atoms with van der Waals surface area (Å²) in [5.41, 5.74) is 2.54. The van der Waals surface area contributed by atoms with E-state index < -0.39 is 0 Å². The van der Waals surface area contributed by atoms with Crippen LogP contribution in [0.1, 0.15) is 27.9 Å². The van der Waals surface area contributed by atoms with E-state index in [4.69, 9.17) is 4.74 Å². The van der Waals surface area contributed by atoms with Gasteiger partial charge in [-0.1, -0.05) is 24.3 Å². The quantitative estimate of drug-likeness (QED) is 0.598.